The number of aliphatic hydroxyl groups is 1. The lowest BCUT2D eigenvalue weighted by Gasteiger charge is -2.22. The number of aromatic hydroxyl groups is 2. The lowest BCUT2D eigenvalue weighted by molar-refractivity contribution is 0.0991. The third kappa shape index (κ3) is 3.36. The number of hydrogen-bond donors (Lipinski definition) is 4. The molecule has 1 atom stereocenters. The van der Waals surface area contributed by atoms with Crippen LogP contribution in [0.5, 0.6) is 11.8 Å². The van der Waals surface area contributed by atoms with Crippen LogP contribution >= 0.6 is 0 Å². The standard InChI is InChI=1S/C27H18N6O6/c1-2-15(11-34)32-24(36)17-7-14(10-29)20-22-18(8-13(9-28)19(21(17)22)26(32)38)25(37)33(27(20)39)16-5-3-12(4-6-16)23(35)31-30/h3-8,15,30,34,36-37H,2,11H2,1H3. The molecule has 12 heteroatoms. The zero-order valence-corrected chi connectivity index (χ0v) is 20.3. The fraction of sp³-hybridized carbons (Fsp3) is 0.148. The Morgan fingerprint density at radius 2 is 1.49 bits per heavy atom. The fourth-order valence-electron chi connectivity index (χ4n) is 5.07. The van der Waals surface area contributed by atoms with Crippen molar-refractivity contribution in [2.75, 3.05) is 6.61 Å². The lowest BCUT2D eigenvalue weighted by atomic mass is 9.90. The number of aliphatic hydroxyl groups excluding tert-OH is 1. The molecule has 1 unspecified atom stereocenters. The number of nitrogens with one attached hydrogen (secondary N) is 1. The number of rotatable bonds is 5. The largest absolute Gasteiger partial charge is 0.494 e. The minimum absolute atomic E-state index is 0.00112. The number of nitriles is 2. The van der Waals surface area contributed by atoms with Gasteiger partial charge in [0, 0.05) is 27.1 Å². The molecule has 0 fully saturated rings. The number of benzene rings is 3. The monoisotopic (exact) mass is 522 g/mol. The van der Waals surface area contributed by atoms with Crippen LogP contribution in [-0.2, 0) is 0 Å². The Kier molecular flexibility index (Phi) is 5.82. The molecule has 0 bridgehead atoms. The Balaban J connectivity index is 2.03. The van der Waals surface area contributed by atoms with Crippen molar-refractivity contribution in [3.8, 4) is 29.6 Å². The zero-order valence-electron chi connectivity index (χ0n) is 20.3. The maximum atomic E-state index is 13.8. The van der Waals surface area contributed by atoms with E-state index in [4.69, 9.17) is 5.53 Å². The summed E-state index contributed by atoms with van der Waals surface area (Å²) in [6.07, 6.45) is 0.274. The number of carbonyl (C=O) groups is 1. The Morgan fingerprint density at radius 1 is 0.949 bits per heavy atom. The van der Waals surface area contributed by atoms with Crippen LogP contribution in [0.4, 0.5) is 0 Å². The van der Waals surface area contributed by atoms with Crippen LogP contribution < -0.4 is 11.1 Å². The summed E-state index contributed by atoms with van der Waals surface area (Å²) in [5, 5.41) is 54.8. The van der Waals surface area contributed by atoms with Gasteiger partial charge in [-0.15, -0.1) is 5.11 Å². The van der Waals surface area contributed by atoms with E-state index in [2.05, 4.69) is 5.11 Å². The molecule has 0 aliphatic carbocycles. The van der Waals surface area contributed by atoms with E-state index < -0.39 is 41.4 Å². The van der Waals surface area contributed by atoms with Gasteiger partial charge in [-0.1, -0.05) is 6.92 Å². The molecule has 4 N–H and O–H groups in total. The highest BCUT2D eigenvalue weighted by molar-refractivity contribution is 6.26. The van der Waals surface area contributed by atoms with Gasteiger partial charge in [0.05, 0.1) is 40.2 Å². The molecule has 0 saturated carbocycles. The van der Waals surface area contributed by atoms with Crippen molar-refractivity contribution < 1.29 is 20.1 Å². The van der Waals surface area contributed by atoms with Gasteiger partial charge in [0.15, 0.2) is 0 Å². The molecule has 0 aliphatic rings. The van der Waals surface area contributed by atoms with E-state index in [1.807, 2.05) is 12.1 Å². The van der Waals surface area contributed by atoms with Crippen molar-refractivity contribution >= 4 is 38.2 Å². The predicted molar refractivity (Wildman–Crippen MR) is 139 cm³/mol. The second-order valence-corrected chi connectivity index (χ2v) is 8.84. The molecule has 2 heterocycles. The first-order valence-corrected chi connectivity index (χ1v) is 11.6. The molecular formula is C27H18N6O6. The first-order valence-electron chi connectivity index (χ1n) is 11.6. The van der Waals surface area contributed by atoms with E-state index in [0.29, 0.717) is 0 Å². The Morgan fingerprint density at radius 3 is 1.97 bits per heavy atom. The summed E-state index contributed by atoms with van der Waals surface area (Å²) in [5.41, 5.74) is 5.17. The van der Waals surface area contributed by atoms with Crippen LogP contribution in [0, 0.1) is 28.2 Å². The zero-order chi connectivity index (χ0) is 28.2. The van der Waals surface area contributed by atoms with E-state index in [9.17, 15) is 40.2 Å². The van der Waals surface area contributed by atoms with Crippen molar-refractivity contribution in [3.05, 3.63) is 73.8 Å². The minimum Gasteiger partial charge on any atom is -0.494 e. The van der Waals surface area contributed by atoms with E-state index in [-0.39, 0.29) is 61.1 Å². The summed E-state index contributed by atoms with van der Waals surface area (Å²) < 4.78 is 1.86. The van der Waals surface area contributed by atoms with Crippen molar-refractivity contribution in [2.45, 2.75) is 19.4 Å². The predicted octanol–water partition coefficient (Wildman–Crippen LogP) is 3.17. The molecule has 0 saturated heterocycles. The van der Waals surface area contributed by atoms with Gasteiger partial charge in [-0.05, 0) is 42.8 Å². The lowest BCUT2D eigenvalue weighted by Crippen LogP contribution is -2.28. The van der Waals surface area contributed by atoms with Gasteiger partial charge < -0.3 is 15.3 Å². The van der Waals surface area contributed by atoms with Crippen molar-refractivity contribution in [2.24, 2.45) is 5.11 Å². The van der Waals surface area contributed by atoms with E-state index in [1.54, 1.807) is 6.92 Å². The summed E-state index contributed by atoms with van der Waals surface area (Å²) in [6, 6.07) is 10.8. The smallest absolute Gasteiger partial charge is 0.294 e. The highest BCUT2D eigenvalue weighted by Gasteiger charge is 2.28. The fourth-order valence-corrected chi connectivity index (χ4v) is 5.07. The number of amides is 1. The molecule has 5 rings (SSSR count). The molecule has 12 nitrogen and oxygen atoms in total. The van der Waals surface area contributed by atoms with Gasteiger partial charge in [0.1, 0.15) is 12.1 Å². The van der Waals surface area contributed by atoms with Gasteiger partial charge in [0.25, 0.3) is 17.0 Å². The van der Waals surface area contributed by atoms with Crippen molar-refractivity contribution in [1.29, 1.82) is 16.1 Å². The van der Waals surface area contributed by atoms with Crippen molar-refractivity contribution in [1.82, 2.24) is 9.13 Å². The van der Waals surface area contributed by atoms with Gasteiger partial charge in [0.2, 0.25) is 11.8 Å². The van der Waals surface area contributed by atoms with Gasteiger partial charge in [-0.3, -0.25) is 19.0 Å². The third-order valence-electron chi connectivity index (χ3n) is 6.94. The average Bonchev–Trinajstić information content (AvgIpc) is 2.96. The Labute approximate surface area is 218 Å². The van der Waals surface area contributed by atoms with Gasteiger partial charge in [-0.2, -0.15) is 10.5 Å². The maximum Gasteiger partial charge on any atom is 0.294 e. The SMILES string of the molecule is CCC(CO)n1c(O)c2cc(C#N)c3c(=O)n(-c4ccc(C(=O)N=N)cc4)c(O)c4cc(C#N)c(c1=O)c2c43. The van der Waals surface area contributed by atoms with Crippen LogP contribution in [0.15, 0.2) is 51.1 Å². The van der Waals surface area contributed by atoms with Crippen LogP contribution in [0.3, 0.4) is 0 Å². The third-order valence-corrected chi connectivity index (χ3v) is 6.94. The normalized spacial score (nSPS) is 12.0. The molecule has 192 valence electrons. The summed E-state index contributed by atoms with van der Waals surface area (Å²) in [6.45, 7) is 1.23. The van der Waals surface area contributed by atoms with Crippen LogP contribution in [-0.4, -0.2) is 37.0 Å². The number of aromatic nitrogens is 2. The van der Waals surface area contributed by atoms with Crippen LogP contribution in [0.1, 0.15) is 40.9 Å². The molecule has 0 spiro atoms. The van der Waals surface area contributed by atoms with E-state index in [0.717, 1.165) is 9.13 Å². The summed E-state index contributed by atoms with van der Waals surface area (Å²) in [4.78, 5) is 39.1. The van der Waals surface area contributed by atoms with Gasteiger partial charge >= 0.3 is 0 Å². The van der Waals surface area contributed by atoms with E-state index in [1.165, 1.54) is 36.4 Å². The summed E-state index contributed by atoms with van der Waals surface area (Å²) >= 11 is 0. The molecular weight excluding hydrogens is 504 g/mol. The highest BCUT2D eigenvalue weighted by Crippen LogP contribution is 2.42. The molecule has 5 aromatic rings. The molecule has 1 amide bonds. The first-order chi connectivity index (χ1) is 18.7. The molecule has 0 radical (unpaired) electrons. The number of hydrogen-bond acceptors (Lipinski definition) is 9. The van der Waals surface area contributed by atoms with Gasteiger partial charge in [-0.25, -0.2) is 10.1 Å². The summed E-state index contributed by atoms with van der Waals surface area (Å²) in [7, 11) is 0. The number of pyridine rings is 2. The first kappa shape index (κ1) is 25.1. The molecule has 3 aromatic carbocycles. The quantitative estimate of drug-likeness (QED) is 0.199. The number of carbonyl (C=O) groups excluding carboxylic acids is 1. The topological polar surface area (TPSA) is 206 Å². The van der Waals surface area contributed by atoms with Crippen LogP contribution in [0.25, 0.3) is 38.0 Å². The highest BCUT2D eigenvalue weighted by atomic mass is 16.3. The summed E-state index contributed by atoms with van der Waals surface area (Å²) in [5.74, 6) is -1.96. The Bertz CT molecular complexity index is 2060. The van der Waals surface area contributed by atoms with Crippen molar-refractivity contribution in [3.63, 3.8) is 0 Å². The maximum absolute atomic E-state index is 13.8. The molecule has 2 aromatic heterocycles. The second-order valence-electron chi connectivity index (χ2n) is 8.84. The molecule has 39 heavy (non-hydrogen) atoms. The Hall–Kier alpha value is -5.59. The van der Waals surface area contributed by atoms with E-state index >= 15 is 0 Å². The molecule has 0 aliphatic heterocycles. The number of nitrogens with zero attached hydrogens (tertiary/aromatic N) is 5. The second kappa shape index (κ2) is 9.06. The average molecular weight is 522 g/mol. The minimum atomic E-state index is -0.820. The van der Waals surface area contributed by atoms with Crippen LogP contribution in [0.2, 0.25) is 0 Å².